The number of nitrogens with zero attached hydrogens (tertiary/aromatic N) is 3. The van der Waals surface area contributed by atoms with Crippen molar-refractivity contribution in [3.8, 4) is 0 Å². The van der Waals surface area contributed by atoms with Crippen LogP contribution < -0.4 is 10.6 Å². The van der Waals surface area contributed by atoms with Crippen LogP contribution in [0, 0.1) is 0 Å². The highest BCUT2D eigenvalue weighted by molar-refractivity contribution is 14.0. The molecular weight excluding hydrogens is 473 g/mol. The first-order valence-corrected chi connectivity index (χ1v) is 10.9. The first-order valence-electron chi connectivity index (χ1n) is 8.21. The van der Waals surface area contributed by atoms with Gasteiger partial charge in [0.05, 0.1) is 23.7 Å². The van der Waals surface area contributed by atoms with Crippen molar-refractivity contribution >= 4 is 51.1 Å². The average Bonchev–Trinajstić information content (AvgIpc) is 3.01. The molecule has 0 unspecified atom stereocenters. The van der Waals surface area contributed by atoms with E-state index in [1.54, 1.807) is 18.4 Å². The second-order valence-corrected chi connectivity index (χ2v) is 9.41. The van der Waals surface area contributed by atoms with Gasteiger partial charge in [-0.3, -0.25) is 9.89 Å². The molecule has 1 fully saturated rings. The van der Waals surface area contributed by atoms with Crippen molar-refractivity contribution in [3.05, 3.63) is 16.1 Å². The Hall–Kier alpha value is -0.460. The summed E-state index contributed by atoms with van der Waals surface area (Å²) in [4.78, 5) is 11.0. The number of sulfone groups is 1. The maximum atomic E-state index is 11.4. The van der Waals surface area contributed by atoms with Crippen LogP contribution in [0.3, 0.4) is 0 Å². The first kappa shape index (κ1) is 22.6. The number of nitrogens with one attached hydrogen (secondary N) is 2. The van der Waals surface area contributed by atoms with E-state index >= 15 is 0 Å². The summed E-state index contributed by atoms with van der Waals surface area (Å²) < 4.78 is 22.8. The van der Waals surface area contributed by atoms with Crippen LogP contribution in [-0.4, -0.2) is 69.0 Å². The molecule has 1 saturated heterocycles. The van der Waals surface area contributed by atoms with Gasteiger partial charge < -0.3 is 10.6 Å². The van der Waals surface area contributed by atoms with Crippen molar-refractivity contribution in [2.45, 2.75) is 26.3 Å². The van der Waals surface area contributed by atoms with Crippen LogP contribution in [0.25, 0.3) is 0 Å². The highest BCUT2D eigenvalue weighted by Gasteiger charge is 2.20. The van der Waals surface area contributed by atoms with Gasteiger partial charge >= 0.3 is 0 Å². The minimum Gasteiger partial charge on any atom is -0.355 e. The molecule has 1 aromatic heterocycles. The second kappa shape index (κ2) is 10.6. The zero-order valence-corrected chi connectivity index (χ0v) is 19.0. The number of rotatable bonds is 6. The molecule has 2 N–H and O–H groups in total. The number of aromatic nitrogens is 1. The van der Waals surface area contributed by atoms with Crippen molar-refractivity contribution in [2.75, 3.05) is 44.7 Å². The van der Waals surface area contributed by atoms with E-state index in [4.69, 9.17) is 0 Å². The van der Waals surface area contributed by atoms with Gasteiger partial charge in [-0.2, -0.15) is 0 Å². The van der Waals surface area contributed by atoms with Crippen molar-refractivity contribution < 1.29 is 8.42 Å². The van der Waals surface area contributed by atoms with E-state index in [2.05, 4.69) is 44.7 Å². The SMILES string of the molecule is CN=C(NCCN1CCS(=O)(=O)CC1)NCc1nc(C(C)C)cs1.I. The molecule has 0 amide bonds. The van der Waals surface area contributed by atoms with Crippen molar-refractivity contribution in [3.63, 3.8) is 0 Å². The Morgan fingerprint density at radius 2 is 2.04 bits per heavy atom. The molecule has 1 aliphatic rings. The molecule has 1 aliphatic heterocycles. The molecule has 1 aromatic rings. The Kier molecular flexibility index (Phi) is 9.60. The lowest BCUT2D eigenvalue weighted by Crippen LogP contribution is -2.45. The summed E-state index contributed by atoms with van der Waals surface area (Å²) >= 11 is 1.66. The van der Waals surface area contributed by atoms with Crippen LogP contribution in [0.15, 0.2) is 10.4 Å². The molecule has 0 aromatic carbocycles. The van der Waals surface area contributed by atoms with Crippen molar-refractivity contribution in [1.29, 1.82) is 0 Å². The molecule has 0 spiro atoms. The van der Waals surface area contributed by atoms with Crippen LogP contribution in [0.4, 0.5) is 0 Å². The van der Waals surface area contributed by atoms with Crippen LogP contribution in [0.5, 0.6) is 0 Å². The quantitative estimate of drug-likeness (QED) is 0.347. The fraction of sp³-hybridized carbons (Fsp3) is 0.733. The molecule has 0 atom stereocenters. The third kappa shape index (κ3) is 7.75. The predicted molar refractivity (Wildman–Crippen MR) is 115 cm³/mol. The van der Waals surface area contributed by atoms with Crippen molar-refractivity contribution in [1.82, 2.24) is 20.5 Å². The second-order valence-electron chi connectivity index (χ2n) is 6.17. The molecule has 0 aliphatic carbocycles. The molecule has 25 heavy (non-hydrogen) atoms. The fourth-order valence-electron chi connectivity index (χ4n) is 2.36. The third-order valence-corrected chi connectivity index (χ3v) is 6.43. The van der Waals surface area contributed by atoms with E-state index in [9.17, 15) is 8.42 Å². The van der Waals surface area contributed by atoms with Gasteiger partial charge in [0.15, 0.2) is 15.8 Å². The van der Waals surface area contributed by atoms with Crippen molar-refractivity contribution in [2.24, 2.45) is 4.99 Å². The average molecular weight is 501 g/mol. The van der Waals surface area contributed by atoms with Crippen LogP contribution in [-0.2, 0) is 16.4 Å². The van der Waals surface area contributed by atoms with Gasteiger partial charge in [0.25, 0.3) is 0 Å². The highest BCUT2D eigenvalue weighted by Crippen LogP contribution is 2.17. The lowest BCUT2D eigenvalue weighted by molar-refractivity contribution is 0.299. The van der Waals surface area contributed by atoms with E-state index in [1.807, 2.05) is 0 Å². The summed E-state index contributed by atoms with van der Waals surface area (Å²) in [5.41, 5.74) is 1.12. The maximum absolute atomic E-state index is 11.4. The minimum absolute atomic E-state index is 0. The normalized spacial score (nSPS) is 18.0. The van der Waals surface area contributed by atoms with Crippen LogP contribution in [0.1, 0.15) is 30.5 Å². The minimum atomic E-state index is -2.81. The Morgan fingerprint density at radius 3 is 2.60 bits per heavy atom. The summed E-state index contributed by atoms with van der Waals surface area (Å²) in [6, 6.07) is 0. The molecule has 2 heterocycles. The number of hydrogen-bond acceptors (Lipinski definition) is 6. The summed E-state index contributed by atoms with van der Waals surface area (Å²) in [6.45, 7) is 7.70. The first-order chi connectivity index (χ1) is 11.4. The Labute approximate surface area is 171 Å². The Balaban J connectivity index is 0.00000312. The molecule has 7 nitrogen and oxygen atoms in total. The van der Waals surface area contributed by atoms with E-state index in [0.717, 1.165) is 29.8 Å². The van der Waals surface area contributed by atoms with Crippen LogP contribution >= 0.6 is 35.3 Å². The fourth-order valence-corrected chi connectivity index (χ4v) is 4.53. The predicted octanol–water partition coefficient (Wildman–Crippen LogP) is 1.28. The maximum Gasteiger partial charge on any atom is 0.191 e. The molecule has 0 bridgehead atoms. The zero-order chi connectivity index (χ0) is 17.6. The van der Waals surface area contributed by atoms with Gasteiger partial charge in [0.2, 0.25) is 0 Å². The number of halogens is 1. The largest absolute Gasteiger partial charge is 0.355 e. The van der Waals surface area contributed by atoms with E-state index in [-0.39, 0.29) is 35.5 Å². The van der Waals surface area contributed by atoms with E-state index in [1.165, 1.54) is 0 Å². The molecular formula is C15H28IN5O2S2. The number of guanidine groups is 1. The molecule has 144 valence electrons. The zero-order valence-electron chi connectivity index (χ0n) is 15.0. The van der Waals surface area contributed by atoms with E-state index < -0.39 is 9.84 Å². The summed E-state index contributed by atoms with van der Waals surface area (Å²) in [7, 11) is -1.07. The monoisotopic (exact) mass is 501 g/mol. The Morgan fingerprint density at radius 1 is 1.36 bits per heavy atom. The summed E-state index contributed by atoms with van der Waals surface area (Å²) in [6.07, 6.45) is 0. The van der Waals surface area contributed by atoms with Gasteiger partial charge in [0, 0.05) is 38.6 Å². The number of thiazole rings is 1. The standard InChI is InChI=1S/C15H27N5O2S2.HI/c1-12(2)13-11-23-14(19-13)10-18-15(16-3)17-4-5-20-6-8-24(21,22)9-7-20;/h11-12H,4-10H2,1-3H3,(H2,16,17,18);1H. The lowest BCUT2D eigenvalue weighted by Gasteiger charge is -2.26. The number of hydrogen-bond donors (Lipinski definition) is 2. The van der Waals surface area contributed by atoms with Gasteiger partial charge in [-0.05, 0) is 5.92 Å². The smallest absolute Gasteiger partial charge is 0.191 e. The summed E-state index contributed by atoms with van der Waals surface area (Å²) in [5, 5.41) is 9.67. The molecule has 0 saturated carbocycles. The van der Waals surface area contributed by atoms with Gasteiger partial charge in [0.1, 0.15) is 5.01 Å². The number of aliphatic imine (C=N–C) groups is 1. The lowest BCUT2D eigenvalue weighted by atomic mass is 10.2. The molecule has 2 rings (SSSR count). The van der Waals surface area contributed by atoms with E-state index in [0.29, 0.717) is 25.6 Å². The molecule has 10 heteroatoms. The highest BCUT2D eigenvalue weighted by atomic mass is 127. The topological polar surface area (TPSA) is 86.7 Å². The van der Waals surface area contributed by atoms with Crippen LogP contribution in [0.2, 0.25) is 0 Å². The third-order valence-electron chi connectivity index (χ3n) is 3.95. The van der Waals surface area contributed by atoms with Gasteiger partial charge in [-0.25, -0.2) is 13.4 Å². The van der Waals surface area contributed by atoms with Gasteiger partial charge in [-0.1, -0.05) is 13.8 Å². The summed E-state index contributed by atoms with van der Waals surface area (Å²) in [5.74, 6) is 1.71. The molecule has 0 radical (unpaired) electrons. The van der Waals surface area contributed by atoms with Gasteiger partial charge in [-0.15, -0.1) is 35.3 Å². The Bertz CT molecular complexity index is 647.